The number of guanidine groups is 1. The molecule has 0 aliphatic carbocycles. The van der Waals surface area contributed by atoms with E-state index in [2.05, 4.69) is 4.99 Å². The second kappa shape index (κ2) is 6.68. The van der Waals surface area contributed by atoms with Crippen molar-refractivity contribution in [3.63, 3.8) is 0 Å². The molecule has 0 saturated heterocycles. The summed E-state index contributed by atoms with van der Waals surface area (Å²) in [7, 11) is 8.82. The van der Waals surface area contributed by atoms with E-state index in [1.54, 1.807) is 0 Å². The zero-order valence-electron chi connectivity index (χ0n) is 11.0. The quantitative estimate of drug-likeness (QED) is 0.551. The Morgan fingerprint density at radius 2 is 1.47 bits per heavy atom. The van der Waals surface area contributed by atoms with E-state index in [4.69, 9.17) is 0 Å². The molecule has 0 bridgehead atoms. The van der Waals surface area contributed by atoms with Crippen molar-refractivity contribution in [3.8, 4) is 0 Å². The minimum atomic E-state index is -4.15. The third-order valence-electron chi connectivity index (χ3n) is 1.98. The number of halogens is 3. The van der Waals surface area contributed by atoms with Crippen LogP contribution in [0.25, 0.3) is 0 Å². The Kier molecular flexibility index (Phi) is 6.30. The highest BCUT2D eigenvalue weighted by Gasteiger charge is 2.28. The normalized spacial score (nSPS) is 11.6. The van der Waals surface area contributed by atoms with E-state index >= 15 is 0 Å². The van der Waals surface area contributed by atoms with Crippen molar-refractivity contribution in [2.24, 2.45) is 4.99 Å². The van der Waals surface area contributed by atoms with Crippen LogP contribution < -0.4 is 0 Å². The summed E-state index contributed by atoms with van der Waals surface area (Å²) in [6.07, 6.45) is -4.15. The van der Waals surface area contributed by atoms with Crippen molar-refractivity contribution in [1.82, 2.24) is 14.7 Å². The number of alkyl halides is 3. The SMILES string of the molecule is CN(CCN=C(N(C)C)N(C)C)CC(F)(F)F. The average molecular weight is 254 g/mol. The molecule has 0 spiro atoms. The Balaban J connectivity index is 4.15. The molecule has 0 aliphatic rings. The van der Waals surface area contributed by atoms with Gasteiger partial charge >= 0.3 is 6.18 Å². The Morgan fingerprint density at radius 3 is 1.82 bits per heavy atom. The zero-order valence-corrected chi connectivity index (χ0v) is 11.0. The van der Waals surface area contributed by atoms with Gasteiger partial charge in [-0.3, -0.25) is 9.89 Å². The Labute approximate surface area is 101 Å². The third-order valence-corrected chi connectivity index (χ3v) is 1.98. The highest BCUT2D eigenvalue weighted by molar-refractivity contribution is 5.79. The molecule has 0 saturated carbocycles. The molecule has 102 valence electrons. The van der Waals surface area contributed by atoms with Gasteiger partial charge < -0.3 is 9.80 Å². The first-order chi connectivity index (χ1) is 7.63. The molecule has 0 N–H and O–H groups in total. The van der Waals surface area contributed by atoms with Gasteiger partial charge in [0.25, 0.3) is 0 Å². The molecular weight excluding hydrogens is 233 g/mol. The summed E-state index contributed by atoms with van der Waals surface area (Å²) in [4.78, 5) is 9.11. The molecule has 0 aromatic heterocycles. The molecule has 7 heteroatoms. The van der Waals surface area contributed by atoms with E-state index in [9.17, 15) is 13.2 Å². The van der Waals surface area contributed by atoms with Crippen molar-refractivity contribution in [1.29, 1.82) is 0 Å². The van der Waals surface area contributed by atoms with Crippen LogP contribution in [0, 0.1) is 0 Å². The average Bonchev–Trinajstić information content (AvgIpc) is 2.07. The standard InChI is InChI=1S/C10H21F3N4/c1-15(2)9(16(3)4)14-6-7-17(5)8-10(11,12)13/h6-8H2,1-5H3. The van der Waals surface area contributed by atoms with Crippen LogP contribution in [0.2, 0.25) is 0 Å². The number of nitrogens with zero attached hydrogens (tertiary/aromatic N) is 4. The van der Waals surface area contributed by atoms with Crippen LogP contribution in [0.5, 0.6) is 0 Å². The fourth-order valence-corrected chi connectivity index (χ4v) is 1.39. The predicted molar refractivity (Wildman–Crippen MR) is 63.2 cm³/mol. The molecule has 0 amide bonds. The lowest BCUT2D eigenvalue weighted by Crippen LogP contribution is -2.37. The summed E-state index contributed by atoms with van der Waals surface area (Å²) in [6, 6.07) is 0. The van der Waals surface area contributed by atoms with Crippen molar-refractivity contribution in [2.45, 2.75) is 6.18 Å². The molecule has 0 aromatic carbocycles. The Morgan fingerprint density at radius 1 is 1.00 bits per heavy atom. The smallest absolute Gasteiger partial charge is 0.349 e. The van der Waals surface area contributed by atoms with Gasteiger partial charge in [0.1, 0.15) is 0 Å². The van der Waals surface area contributed by atoms with E-state index in [1.165, 1.54) is 11.9 Å². The molecule has 0 radical (unpaired) electrons. The van der Waals surface area contributed by atoms with Gasteiger partial charge in [-0.05, 0) is 7.05 Å². The summed E-state index contributed by atoms with van der Waals surface area (Å²) in [5.41, 5.74) is 0. The molecule has 0 heterocycles. The molecule has 0 aliphatic heterocycles. The second-order valence-corrected chi connectivity index (χ2v) is 4.32. The molecule has 0 fully saturated rings. The molecule has 0 unspecified atom stereocenters. The first kappa shape index (κ1) is 16.0. The molecule has 17 heavy (non-hydrogen) atoms. The number of hydrogen-bond acceptors (Lipinski definition) is 2. The zero-order chi connectivity index (χ0) is 13.6. The van der Waals surface area contributed by atoms with Gasteiger partial charge in [0, 0.05) is 34.7 Å². The molecule has 0 atom stereocenters. The van der Waals surface area contributed by atoms with E-state index in [1.807, 2.05) is 38.0 Å². The minimum Gasteiger partial charge on any atom is -0.349 e. The van der Waals surface area contributed by atoms with Gasteiger partial charge in [0.15, 0.2) is 5.96 Å². The third kappa shape index (κ3) is 7.84. The van der Waals surface area contributed by atoms with Gasteiger partial charge in [-0.15, -0.1) is 0 Å². The molecule has 4 nitrogen and oxygen atoms in total. The number of rotatable bonds is 4. The molecular formula is C10H21F3N4. The van der Waals surface area contributed by atoms with Gasteiger partial charge in [-0.2, -0.15) is 13.2 Å². The maximum absolute atomic E-state index is 12.1. The van der Waals surface area contributed by atoms with Gasteiger partial charge in [0.2, 0.25) is 0 Å². The lowest BCUT2D eigenvalue weighted by molar-refractivity contribution is -0.142. The van der Waals surface area contributed by atoms with Crippen LogP contribution in [0.15, 0.2) is 4.99 Å². The Hall–Kier alpha value is -0.980. The lowest BCUT2D eigenvalue weighted by Gasteiger charge is -2.23. The van der Waals surface area contributed by atoms with Crippen LogP contribution in [0.3, 0.4) is 0 Å². The van der Waals surface area contributed by atoms with Crippen molar-refractivity contribution >= 4 is 5.96 Å². The summed E-state index contributed by atoms with van der Waals surface area (Å²) < 4.78 is 36.2. The Bertz CT molecular complexity index is 238. The van der Waals surface area contributed by atoms with Crippen LogP contribution in [0.4, 0.5) is 13.2 Å². The highest BCUT2D eigenvalue weighted by Crippen LogP contribution is 2.15. The van der Waals surface area contributed by atoms with Gasteiger partial charge in [0.05, 0.1) is 13.1 Å². The van der Waals surface area contributed by atoms with E-state index in [0.29, 0.717) is 6.54 Å². The van der Waals surface area contributed by atoms with Gasteiger partial charge in [-0.1, -0.05) is 0 Å². The van der Waals surface area contributed by atoms with Crippen molar-refractivity contribution < 1.29 is 13.2 Å². The van der Waals surface area contributed by atoms with Crippen LogP contribution >= 0.6 is 0 Å². The van der Waals surface area contributed by atoms with Crippen molar-refractivity contribution in [3.05, 3.63) is 0 Å². The topological polar surface area (TPSA) is 22.1 Å². The maximum Gasteiger partial charge on any atom is 0.401 e. The first-order valence-electron chi connectivity index (χ1n) is 5.28. The summed E-state index contributed by atoms with van der Waals surface area (Å²) in [6.45, 7) is -0.273. The molecule has 0 aromatic rings. The second-order valence-electron chi connectivity index (χ2n) is 4.32. The largest absolute Gasteiger partial charge is 0.401 e. The minimum absolute atomic E-state index is 0.282. The van der Waals surface area contributed by atoms with Crippen molar-refractivity contribution in [2.75, 3.05) is 54.9 Å². The number of aliphatic imine (C=N–C) groups is 1. The first-order valence-corrected chi connectivity index (χ1v) is 5.28. The maximum atomic E-state index is 12.1. The highest BCUT2D eigenvalue weighted by atomic mass is 19.4. The summed E-state index contributed by atoms with van der Waals surface area (Å²) in [5.74, 6) is 0.741. The summed E-state index contributed by atoms with van der Waals surface area (Å²) in [5, 5.41) is 0. The number of hydrogen-bond donors (Lipinski definition) is 0. The fourth-order valence-electron chi connectivity index (χ4n) is 1.39. The summed E-state index contributed by atoms with van der Waals surface area (Å²) >= 11 is 0. The van der Waals surface area contributed by atoms with Crippen LogP contribution in [-0.4, -0.2) is 81.7 Å². The predicted octanol–water partition coefficient (Wildman–Crippen LogP) is 0.960. The molecule has 0 rings (SSSR count). The van der Waals surface area contributed by atoms with E-state index < -0.39 is 12.7 Å². The van der Waals surface area contributed by atoms with E-state index in [0.717, 1.165) is 5.96 Å². The van der Waals surface area contributed by atoms with E-state index in [-0.39, 0.29) is 6.54 Å². The van der Waals surface area contributed by atoms with Gasteiger partial charge in [-0.25, -0.2) is 0 Å². The van der Waals surface area contributed by atoms with Crippen LogP contribution in [0.1, 0.15) is 0 Å². The van der Waals surface area contributed by atoms with Crippen LogP contribution in [-0.2, 0) is 0 Å². The monoisotopic (exact) mass is 254 g/mol. The fraction of sp³-hybridized carbons (Fsp3) is 0.900. The number of likely N-dealkylation sites (N-methyl/N-ethyl adjacent to an activating group) is 1. The lowest BCUT2D eigenvalue weighted by atomic mass is 10.5.